The Balaban J connectivity index is 1.04. The van der Waals surface area contributed by atoms with E-state index in [4.69, 9.17) is 19.7 Å². The third-order valence-electron chi connectivity index (χ3n) is 12.6. The highest BCUT2D eigenvalue weighted by molar-refractivity contribution is 6.03. The molecule has 0 amide bonds. The number of nitrogens with zero attached hydrogens (tertiary/aromatic N) is 6. The molecule has 5 aliphatic rings. The quantitative estimate of drug-likeness (QED) is 0.190. The molecule has 4 N–H and O–H groups in total. The van der Waals surface area contributed by atoms with Crippen LogP contribution in [0.5, 0.6) is 11.8 Å². The third-order valence-corrected chi connectivity index (χ3v) is 12.6. The molecule has 0 radical (unpaired) electrons. The number of aromatic hydroxyl groups is 1. The van der Waals surface area contributed by atoms with E-state index in [9.17, 15) is 10.2 Å². The molecule has 2 aromatic heterocycles. The van der Waals surface area contributed by atoms with Crippen LogP contribution in [0.15, 0.2) is 36.5 Å². The van der Waals surface area contributed by atoms with Crippen LogP contribution in [0.2, 0.25) is 0 Å². The SMILES string of the molecule is CCc1cccc2c(O)ccc(-c3ncc4c(N5C[C@H]6CC[C@@H](C5)N6)nc(OC[C@]56C[C@@H](F)CN5C[C@@H](CCN5CCNC(CO)C5)C6)nc4c3F)c12. The largest absolute Gasteiger partial charge is 0.507 e. The normalized spacial score (nSPS) is 29.1. The van der Waals surface area contributed by atoms with E-state index >= 15 is 8.78 Å². The highest BCUT2D eigenvalue weighted by atomic mass is 19.1. The number of piperazine rings is 2. The minimum Gasteiger partial charge on any atom is -0.507 e. The van der Waals surface area contributed by atoms with E-state index in [0.29, 0.717) is 59.5 Å². The summed E-state index contributed by atoms with van der Waals surface area (Å²) >= 11 is 0. The van der Waals surface area contributed by atoms with Crippen LogP contribution in [-0.4, -0.2) is 130 Å². The lowest BCUT2D eigenvalue weighted by Gasteiger charge is -2.34. The van der Waals surface area contributed by atoms with Gasteiger partial charge >= 0.3 is 6.01 Å². The standard InChI is InChI=1S/C40H50F2N8O3/c1-2-25-4-3-5-30-33(52)9-8-31(34(25)30)36-35(42)37-32(16-44-36)38(49-20-27-6-7-28(21-49)45-27)47-39(46-37)53-23-40-14-24(17-50(40)18-26(41)15-40)10-12-48-13-11-43-29(19-48)22-51/h3-5,8-9,16,24,26-29,43,45,51-52H,2,6-7,10-15,17-23H2,1H3/t24-,26+,27-,28+,29?,40-/m0/s1. The summed E-state index contributed by atoms with van der Waals surface area (Å²) < 4.78 is 38.7. The van der Waals surface area contributed by atoms with Crippen molar-refractivity contribution in [3.63, 3.8) is 0 Å². The van der Waals surface area contributed by atoms with Crippen molar-refractivity contribution in [2.45, 2.75) is 75.3 Å². The van der Waals surface area contributed by atoms with Crippen molar-refractivity contribution >= 4 is 27.5 Å². The van der Waals surface area contributed by atoms with Gasteiger partial charge in [-0.1, -0.05) is 25.1 Å². The molecule has 2 bridgehead atoms. The fourth-order valence-corrected chi connectivity index (χ4v) is 10.1. The second-order valence-corrected chi connectivity index (χ2v) is 16.1. The number of benzene rings is 2. The Kier molecular flexibility index (Phi) is 9.34. The van der Waals surface area contributed by atoms with Crippen LogP contribution in [0.4, 0.5) is 14.6 Å². The minimum absolute atomic E-state index is 0.0928. The monoisotopic (exact) mass is 728 g/mol. The number of phenolic OH excluding ortho intramolecular Hbond substituents is 1. The van der Waals surface area contributed by atoms with Crippen LogP contribution in [-0.2, 0) is 6.42 Å². The molecule has 5 aliphatic heterocycles. The second kappa shape index (κ2) is 14.2. The van der Waals surface area contributed by atoms with Crippen LogP contribution < -0.4 is 20.3 Å². The van der Waals surface area contributed by atoms with Gasteiger partial charge in [-0.05, 0) is 67.6 Å². The Bertz CT molecular complexity index is 1990. The fourth-order valence-electron chi connectivity index (χ4n) is 10.1. The molecule has 0 aliphatic carbocycles. The Labute approximate surface area is 308 Å². The predicted octanol–water partition coefficient (Wildman–Crippen LogP) is 4.03. The lowest BCUT2D eigenvalue weighted by atomic mass is 9.89. The van der Waals surface area contributed by atoms with Crippen LogP contribution in [0.25, 0.3) is 32.9 Å². The number of aliphatic hydroxyl groups is 1. The zero-order chi connectivity index (χ0) is 36.3. The predicted molar refractivity (Wildman–Crippen MR) is 201 cm³/mol. The number of aliphatic hydroxyl groups excluding tert-OH is 1. The van der Waals surface area contributed by atoms with Crippen molar-refractivity contribution in [3.05, 3.63) is 47.9 Å². The van der Waals surface area contributed by atoms with Crippen molar-refractivity contribution in [3.8, 4) is 23.0 Å². The number of anilines is 1. The molecule has 13 heteroatoms. The van der Waals surface area contributed by atoms with Crippen LogP contribution >= 0.6 is 0 Å². The number of ether oxygens (including phenoxy) is 1. The van der Waals surface area contributed by atoms with Crippen molar-refractivity contribution in [2.75, 3.05) is 70.5 Å². The maximum Gasteiger partial charge on any atom is 0.319 e. The first-order chi connectivity index (χ1) is 25.8. The van der Waals surface area contributed by atoms with Gasteiger partial charge < -0.3 is 35.4 Å². The molecule has 282 valence electrons. The molecular formula is C40H50F2N8O3. The number of fused-ring (bicyclic) bond motifs is 5. The number of aromatic nitrogens is 3. The summed E-state index contributed by atoms with van der Waals surface area (Å²) in [6, 6.07) is 9.92. The lowest BCUT2D eigenvalue weighted by Crippen LogP contribution is -2.52. The maximum absolute atomic E-state index is 17.1. The number of aryl methyl sites for hydroxylation is 1. The Morgan fingerprint density at radius 2 is 1.87 bits per heavy atom. The lowest BCUT2D eigenvalue weighted by molar-refractivity contribution is 0.107. The van der Waals surface area contributed by atoms with E-state index in [0.717, 1.165) is 82.4 Å². The Hall–Kier alpha value is -3.75. The average Bonchev–Trinajstić information content (AvgIpc) is 3.80. The van der Waals surface area contributed by atoms with Gasteiger partial charge in [-0.3, -0.25) is 9.88 Å². The number of rotatable bonds is 10. The maximum atomic E-state index is 17.1. The second-order valence-electron chi connectivity index (χ2n) is 16.1. The summed E-state index contributed by atoms with van der Waals surface area (Å²) in [4.78, 5) is 21.3. The van der Waals surface area contributed by atoms with Gasteiger partial charge in [0.05, 0.1) is 17.5 Å². The van der Waals surface area contributed by atoms with Crippen LogP contribution in [0.3, 0.4) is 0 Å². The molecule has 5 fully saturated rings. The first kappa shape index (κ1) is 35.0. The highest BCUT2D eigenvalue weighted by Crippen LogP contribution is 2.45. The molecule has 4 aromatic rings. The van der Waals surface area contributed by atoms with Crippen molar-refractivity contribution in [1.82, 2.24) is 35.4 Å². The number of hydrogen-bond acceptors (Lipinski definition) is 11. The molecule has 11 nitrogen and oxygen atoms in total. The zero-order valence-electron chi connectivity index (χ0n) is 30.4. The molecule has 9 rings (SSSR count). The van der Waals surface area contributed by atoms with E-state index in [1.807, 2.05) is 25.1 Å². The summed E-state index contributed by atoms with van der Waals surface area (Å²) in [5.74, 6) is 0.584. The smallest absolute Gasteiger partial charge is 0.319 e. The molecule has 7 heterocycles. The van der Waals surface area contributed by atoms with Gasteiger partial charge in [0.15, 0.2) is 5.82 Å². The van der Waals surface area contributed by atoms with Crippen LogP contribution in [0.1, 0.15) is 44.6 Å². The van der Waals surface area contributed by atoms with Gasteiger partial charge in [0.1, 0.15) is 35.6 Å². The molecule has 0 saturated carbocycles. The van der Waals surface area contributed by atoms with Gasteiger partial charge in [-0.15, -0.1) is 0 Å². The molecule has 5 saturated heterocycles. The van der Waals surface area contributed by atoms with Gasteiger partial charge in [-0.2, -0.15) is 9.97 Å². The van der Waals surface area contributed by atoms with Crippen molar-refractivity contribution < 1.29 is 23.7 Å². The summed E-state index contributed by atoms with van der Waals surface area (Å²) in [5, 5.41) is 29.3. The van der Waals surface area contributed by atoms with E-state index in [-0.39, 0.29) is 42.2 Å². The van der Waals surface area contributed by atoms with Gasteiger partial charge in [-0.25, -0.2) is 8.78 Å². The first-order valence-corrected chi connectivity index (χ1v) is 19.5. The topological polar surface area (TPSA) is 122 Å². The Morgan fingerprint density at radius 3 is 2.68 bits per heavy atom. The fraction of sp³-hybridized carbons (Fsp3) is 0.575. The molecule has 6 atom stereocenters. The number of pyridine rings is 1. The van der Waals surface area contributed by atoms with E-state index < -0.39 is 17.5 Å². The summed E-state index contributed by atoms with van der Waals surface area (Å²) in [7, 11) is 0. The number of halogens is 2. The summed E-state index contributed by atoms with van der Waals surface area (Å²) in [6.07, 6.45) is 5.83. The van der Waals surface area contributed by atoms with E-state index in [1.165, 1.54) is 0 Å². The minimum atomic E-state index is -0.929. The molecule has 2 aromatic carbocycles. The van der Waals surface area contributed by atoms with E-state index in [1.54, 1.807) is 18.3 Å². The summed E-state index contributed by atoms with van der Waals surface area (Å²) in [5.41, 5.74) is 1.41. The summed E-state index contributed by atoms with van der Waals surface area (Å²) in [6.45, 7) is 8.69. The van der Waals surface area contributed by atoms with E-state index in [2.05, 4.69) is 25.3 Å². The number of hydrogen-bond donors (Lipinski definition) is 4. The molecular weight excluding hydrogens is 678 g/mol. The molecule has 0 spiro atoms. The van der Waals surface area contributed by atoms with Gasteiger partial charge in [0.2, 0.25) is 0 Å². The first-order valence-electron chi connectivity index (χ1n) is 19.5. The highest BCUT2D eigenvalue weighted by Gasteiger charge is 2.52. The zero-order valence-corrected chi connectivity index (χ0v) is 30.4. The van der Waals surface area contributed by atoms with Gasteiger partial charge in [0.25, 0.3) is 0 Å². The van der Waals surface area contributed by atoms with Crippen LogP contribution in [0, 0.1) is 11.7 Å². The number of phenols is 1. The van der Waals surface area contributed by atoms with Crippen molar-refractivity contribution in [1.29, 1.82) is 0 Å². The third kappa shape index (κ3) is 6.48. The number of alkyl halides is 1. The van der Waals surface area contributed by atoms with Gasteiger partial charge in [0, 0.05) is 87.5 Å². The number of nitrogens with one attached hydrogen (secondary N) is 2. The Morgan fingerprint density at radius 1 is 1.02 bits per heavy atom. The molecule has 53 heavy (non-hydrogen) atoms. The average molecular weight is 729 g/mol. The van der Waals surface area contributed by atoms with Crippen molar-refractivity contribution in [2.24, 2.45) is 5.92 Å². The molecule has 1 unspecified atom stereocenters.